The van der Waals surface area contributed by atoms with Crippen molar-refractivity contribution in [1.82, 2.24) is 0 Å². The first kappa shape index (κ1) is 12.4. The summed E-state index contributed by atoms with van der Waals surface area (Å²) in [6, 6.07) is 7.28. The smallest absolute Gasteiger partial charge is 0.268 e. The minimum absolute atomic E-state index is 0.131. The zero-order valence-corrected chi connectivity index (χ0v) is 10.4. The predicted octanol–water partition coefficient (Wildman–Crippen LogP) is 1.50. The lowest BCUT2D eigenvalue weighted by Crippen LogP contribution is -2.31. The van der Waals surface area contributed by atoms with Gasteiger partial charge in [-0.2, -0.15) is 0 Å². The lowest BCUT2D eigenvalue weighted by atomic mass is 10.00. The molecule has 4 heteroatoms. The van der Waals surface area contributed by atoms with Crippen molar-refractivity contribution in [2.24, 2.45) is 0 Å². The average Bonchev–Trinajstić information content (AvgIpc) is 2.41. The maximum absolute atomic E-state index is 11.3. The summed E-state index contributed by atoms with van der Waals surface area (Å²) < 4.78 is 0. The van der Waals surface area contributed by atoms with Gasteiger partial charge in [0.1, 0.15) is 0 Å². The third-order valence-corrected chi connectivity index (χ3v) is 3.17. The van der Waals surface area contributed by atoms with Crippen LogP contribution in [-0.4, -0.2) is 18.2 Å². The van der Waals surface area contributed by atoms with Crippen molar-refractivity contribution in [3.63, 3.8) is 0 Å². The highest BCUT2D eigenvalue weighted by molar-refractivity contribution is 5.74. The highest BCUT2D eigenvalue weighted by Gasteiger charge is 2.21. The monoisotopic (exact) mass is 245 g/mol. The fraction of sp³-hybridized carbons (Fsp3) is 0.286. The van der Waals surface area contributed by atoms with Crippen LogP contribution < -0.4 is 15.8 Å². The van der Waals surface area contributed by atoms with E-state index in [1.54, 1.807) is 12.1 Å². The number of benzene rings is 1. The van der Waals surface area contributed by atoms with Gasteiger partial charge in [0.2, 0.25) is 5.43 Å². The molecule has 0 amide bonds. The van der Waals surface area contributed by atoms with Crippen LogP contribution in [0, 0.1) is 0 Å². The zero-order chi connectivity index (χ0) is 13.3. The Balaban J connectivity index is 2.34. The van der Waals surface area contributed by atoms with E-state index in [-0.39, 0.29) is 5.56 Å². The van der Waals surface area contributed by atoms with E-state index in [0.717, 1.165) is 18.8 Å². The van der Waals surface area contributed by atoms with E-state index < -0.39 is 16.6 Å². The average molecular weight is 245 g/mol. The zero-order valence-electron chi connectivity index (χ0n) is 10.4. The van der Waals surface area contributed by atoms with Crippen molar-refractivity contribution in [1.29, 1.82) is 0 Å². The molecule has 2 aromatic rings. The molecule has 1 N–H and O–H groups in total. The first-order chi connectivity index (χ1) is 8.60. The molecule has 0 fully saturated rings. The van der Waals surface area contributed by atoms with E-state index in [1.807, 2.05) is 12.1 Å². The summed E-state index contributed by atoms with van der Waals surface area (Å²) in [6.07, 6.45) is 0. The first-order valence-electron chi connectivity index (χ1n) is 5.97. The van der Waals surface area contributed by atoms with Crippen LogP contribution >= 0.6 is 0 Å². The predicted molar refractivity (Wildman–Crippen MR) is 72.0 cm³/mol. The molecule has 0 atom stereocenters. The van der Waals surface area contributed by atoms with Gasteiger partial charge in [-0.3, -0.25) is 9.59 Å². The van der Waals surface area contributed by atoms with E-state index in [4.69, 9.17) is 0 Å². The summed E-state index contributed by atoms with van der Waals surface area (Å²) in [7, 11) is 0. The Morgan fingerprint density at radius 1 is 1.00 bits per heavy atom. The molecule has 94 valence electrons. The Morgan fingerprint density at radius 3 is 2.00 bits per heavy atom. The Labute approximate surface area is 105 Å². The van der Waals surface area contributed by atoms with Gasteiger partial charge in [-0.25, -0.2) is 0 Å². The molecule has 0 saturated heterocycles. The van der Waals surface area contributed by atoms with Gasteiger partial charge in [-0.05, 0) is 31.5 Å². The molecule has 0 saturated carbocycles. The third kappa shape index (κ3) is 1.79. The molecule has 0 radical (unpaired) electrons. The van der Waals surface area contributed by atoms with Crippen molar-refractivity contribution in [3.05, 3.63) is 44.7 Å². The molecule has 0 aliphatic carbocycles. The minimum Gasteiger partial charge on any atom is -0.503 e. The van der Waals surface area contributed by atoms with Gasteiger partial charge in [0.15, 0.2) is 5.75 Å². The van der Waals surface area contributed by atoms with Crippen LogP contribution in [0.3, 0.4) is 0 Å². The Kier molecular flexibility index (Phi) is 3.19. The standard InChI is InChI=1S/C14H15NO3/c1-3-15(4-2)10-7-5-9(6-8-10)11-12(16)14(18)13(11)17/h5-8,16H,3-4H2,1-2H3. The van der Waals surface area contributed by atoms with Crippen molar-refractivity contribution in [3.8, 4) is 16.9 Å². The summed E-state index contributed by atoms with van der Waals surface area (Å²) in [5.41, 5.74) is 0.377. The number of nitrogens with zero attached hydrogens (tertiary/aromatic N) is 1. The van der Waals surface area contributed by atoms with Crippen molar-refractivity contribution in [2.75, 3.05) is 18.0 Å². The number of rotatable bonds is 4. The van der Waals surface area contributed by atoms with Gasteiger partial charge in [0, 0.05) is 18.8 Å². The van der Waals surface area contributed by atoms with Crippen LogP contribution in [0.15, 0.2) is 33.9 Å². The molecule has 0 aromatic heterocycles. The van der Waals surface area contributed by atoms with E-state index >= 15 is 0 Å². The van der Waals surface area contributed by atoms with Gasteiger partial charge in [0.25, 0.3) is 5.43 Å². The Morgan fingerprint density at radius 2 is 1.56 bits per heavy atom. The molecule has 0 bridgehead atoms. The summed E-state index contributed by atoms with van der Waals surface area (Å²) in [6.45, 7) is 5.95. The number of hydrogen-bond donors (Lipinski definition) is 1. The second kappa shape index (κ2) is 4.64. The topological polar surface area (TPSA) is 57.6 Å². The van der Waals surface area contributed by atoms with E-state index in [9.17, 15) is 14.7 Å². The molecule has 0 spiro atoms. The van der Waals surface area contributed by atoms with Gasteiger partial charge >= 0.3 is 0 Å². The Bertz CT molecular complexity index is 617. The molecular weight excluding hydrogens is 230 g/mol. The number of anilines is 1. The van der Waals surface area contributed by atoms with Crippen LogP contribution in [0.4, 0.5) is 5.69 Å². The highest BCUT2D eigenvalue weighted by Crippen LogP contribution is 2.26. The highest BCUT2D eigenvalue weighted by atomic mass is 16.3. The van der Waals surface area contributed by atoms with Crippen LogP contribution in [0.2, 0.25) is 0 Å². The Hall–Kier alpha value is -2.10. The quantitative estimate of drug-likeness (QED) is 0.829. The number of aromatic hydroxyl groups is 1. The normalized spacial score (nSPS) is 10.8. The van der Waals surface area contributed by atoms with E-state index in [2.05, 4.69) is 18.7 Å². The fourth-order valence-electron chi connectivity index (χ4n) is 2.08. The second-order valence-electron chi connectivity index (χ2n) is 4.10. The molecule has 0 aliphatic heterocycles. The third-order valence-electron chi connectivity index (χ3n) is 3.17. The van der Waals surface area contributed by atoms with E-state index in [1.165, 1.54) is 0 Å². The van der Waals surface area contributed by atoms with Crippen molar-refractivity contribution < 1.29 is 5.11 Å². The summed E-state index contributed by atoms with van der Waals surface area (Å²) in [5.74, 6) is -0.421. The van der Waals surface area contributed by atoms with Gasteiger partial charge in [-0.15, -0.1) is 0 Å². The summed E-state index contributed by atoms with van der Waals surface area (Å²) in [5, 5.41) is 9.37. The minimum atomic E-state index is -0.794. The van der Waals surface area contributed by atoms with Crippen LogP contribution in [0.25, 0.3) is 11.1 Å². The lowest BCUT2D eigenvalue weighted by Gasteiger charge is -2.21. The lowest BCUT2D eigenvalue weighted by molar-refractivity contribution is 0.465. The van der Waals surface area contributed by atoms with Crippen LogP contribution in [0.1, 0.15) is 13.8 Å². The molecule has 0 heterocycles. The fourth-order valence-corrected chi connectivity index (χ4v) is 2.08. The van der Waals surface area contributed by atoms with Crippen LogP contribution in [-0.2, 0) is 0 Å². The molecule has 0 aliphatic rings. The number of hydrogen-bond acceptors (Lipinski definition) is 4. The second-order valence-corrected chi connectivity index (χ2v) is 4.10. The first-order valence-corrected chi connectivity index (χ1v) is 5.97. The molecule has 2 aromatic carbocycles. The van der Waals surface area contributed by atoms with Gasteiger partial charge < -0.3 is 10.0 Å². The summed E-state index contributed by atoms with van der Waals surface area (Å²) in [4.78, 5) is 24.4. The molecule has 2 rings (SSSR count). The van der Waals surface area contributed by atoms with Gasteiger partial charge in [-0.1, -0.05) is 12.1 Å². The van der Waals surface area contributed by atoms with Gasteiger partial charge in [0.05, 0.1) is 5.56 Å². The van der Waals surface area contributed by atoms with Crippen molar-refractivity contribution >= 4 is 5.69 Å². The molecule has 0 unspecified atom stereocenters. The molecule has 18 heavy (non-hydrogen) atoms. The summed E-state index contributed by atoms with van der Waals surface area (Å²) >= 11 is 0. The maximum Gasteiger partial charge on any atom is 0.268 e. The largest absolute Gasteiger partial charge is 0.503 e. The SMILES string of the molecule is CCN(CC)c1ccc(-c2c(O)c(=O)c2=O)cc1. The molecular formula is C14H15NO3. The van der Waals surface area contributed by atoms with Crippen LogP contribution in [0.5, 0.6) is 5.75 Å². The van der Waals surface area contributed by atoms with Crippen molar-refractivity contribution in [2.45, 2.75) is 13.8 Å². The van der Waals surface area contributed by atoms with E-state index in [0.29, 0.717) is 5.56 Å². The maximum atomic E-state index is 11.3. The molecule has 4 nitrogen and oxygen atoms in total.